The lowest BCUT2D eigenvalue weighted by molar-refractivity contribution is 0.0612. The Balaban J connectivity index is 1.86. The molecule has 3 aromatic heterocycles. The third-order valence-corrected chi connectivity index (χ3v) is 5.37. The van der Waals surface area contributed by atoms with Gasteiger partial charge in [0.15, 0.2) is 0 Å². The number of hydrogen-bond donors (Lipinski definition) is 3. The van der Waals surface area contributed by atoms with Crippen molar-refractivity contribution in [1.29, 1.82) is 0 Å². The number of fused-ring (bicyclic) bond motifs is 1. The zero-order chi connectivity index (χ0) is 17.5. The number of aromatic amines is 1. The predicted molar refractivity (Wildman–Crippen MR) is 89.0 cm³/mol. The fraction of sp³-hybridized carbons (Fsp3) is 0.312. The summed E-state index contributed by atoms with van der Waals surface area (Å²) in [6.07, 6.45) is 2.97. The number of sulfonamides is 1. The first-order valence-electron chi connectivity index (χ1n) is 7.42. The molecule has 3 rings (SSSR count). The minimum absolute atomic E-state index is 0.0986. The molecule has 1 atom stereocenters. The number of nitrogens with zero attached hydrogens (tertiary/aromatic N) is 1. The molecule has 0 saturated heterocycles. The third-order valence-electron chi connectivity index (χ3n) is 3.93. The van der Waals surface area contributed by atoms with Crippen LogP contribution in [-0.4, -0.2) is 30.0 Å². The molecule has 0 radical (unpaired) electrons. The van der Waals surface area contributed by atoms with E-state index in [2.05, 4.69) is 14.7 Å². The van der Waals surface area contributed by atoms with Crippen LogP contribution in [0.25, 0.3) is 11.0 Å². The van der Waals surface area contributed by atoms with Crippen molar-refractivity contribution in [2.75, 3.05) is 6.54 Å². The minimum atomic E-state index is -3.80. The van der Waals surface area contributed by atoms with E-state index in [1.807, 2.05) is 0 Å². The van der Waals surface area contributed by atoms with Crippen molar-refractivity contribution in [2.45, 2.75) is 31.3 Å². The van der Waals surface area contributed by atoms with Crippen LogP contribution in [0.3, 0.4) is 0 Å². The summed E-state index contributed by atoms with van der Waals surface area (Å²) in [5.41, 5.74) is -0.339. The highest BCUT2D eigenvalue weighted by Gasteiger charge is 2.30. The van der Waals surface area contributed by atoms with Crippen molar-refractivity contribution in [3.8, 4) is 0 Å². The zero-order valence-electron chi connectivity index (χ0n) is 13.6. The number of aryl methyl sites for hydroxylation is 2. The van der Waals surface area contributed by atoms with E-state index in [9.17, 15) is 13.5 Å². The van der Waals surface area contributed by atoms with Gasteiger partial charge in [-0.15, -0.1) is 0 Å². The second kappa shape index (κ2) is 5.73. The van der Waals surface area contributed by atoms with Gasteiger partial charge in [0.1, 0.15) is 27.7 Å². The van der Waals surface area contributed by atoms with Gasteiger partial charge in [-0.05, 0) is 39.0 Å². The summed E-state index contributed by atoms with van der Waals surface area (Å²) in [4.78, 5) is 7.00. The molecule has 0 spiro atoms. The van der Waals surface area contributed by atoms with Gasteiger partial charge in [0, 0.05) is 29.9 Å². The lowest BCUT2D eigenvalue weighted by Crippen LogP contribution is -2.38. The standard InChI is InChI=1S/C16H19N3O4S/c1-10-7-13(11(2)23-10)16(3,20)9-19-24(21,22)14-8-18-15-12(14)5-4-6-17-15/h4-8,19-20H,9H2,1-3H3,(H,17,18)/t16-/m1/s1. The molecule has 7 nitrogen and oxygen atoms in total. The zero-order valence-corrected chi connectivity index (χ0v) is 14.4. The lowest BCUT2D eigenvalue weighted by Gasteiger charge is -2.23. The molecule has 0 unspecified atom stereocenters. The van der Waals surface area contributed by atoms with Crippen molar-refractivity contribution < 1.29 is 17.9 Å². The van der Waals surface area contributed by atoms with Crippen LogP contribution in [0.1, 0.15) is 24.0 Å². The molecule has 0 bridgehead atoms. The second-order valence-electron chi connectivity index (χ2n) is 5.98. The quantitative estimate of drug-likeness (QED) is 0.652. The van der Waals surface area contributed by atoms with E-state index >= 15 is 0 Å². The third kappa shape index (κ3) is 2.95. The largest absolute Gasteiger partial charge is 0.466 e. The van der Waals surface area contributed by atoms with Gasteiger partial charge in [0.05, 0.1) is 0 Å². The first-order valence-corrected chi connectivity index (χ1v) is 8.91. The Kier molecular flexibility index (Phi) is 3.98. The Morgan fingerprint density at radius 2 is 2.17 bits per heavy atom. The van der Waals surface area contributed by atoms with E-state index < -0.39 is 15.6 Å². The molecule has 0 aliphatic heterocycles. The second-order valence-corrected chi connectivity index (χ2v) is 7.71. The van der Waals surface area contributed by atoms with Gasteiger partial charge in [-0.3, -0.25) is 0 Å². The Morgan fingerprint density at radius 3 is 2.83 bits per heavy atom. The fourth-order valence-corrected chi connectivity index (χ4v) is 4.02. The fourth-order valence-electron chi connectivity index (χ4n) is 2.73. The summed E-state index contributed by atoms with van der Waals surface area (Å²) < 4.78 is 33.0. The molecule has 8 heteroatoms. The molecule has 24 heavy (non-hydrogen) atoms. The Morgan fingerprint density at radius 1 is 1.42 bits per heavy atom. The molecule has 0 aromatic carbocycles. The van der Waals surface area contributed by atoms with Crippen LogP contribution >= 0.6 is 0 Å². The number of aromatic nitrogens is 2. The lowest BCUT2D eigenvalue weighted by atomic mass is 9.97. The van der Waals surface area contributed by atoms with Crippen molar-refractivity contribution in [3.05, 3.63) is 47.7 Å². The normalized spacial score (nSPS) is 14.8. The first-order chi connectivity index (χ1) is 11.2. The Hall–Kier alpha value is -2.16. The van der Waals surface area contributed by atoms with Crippen LogP contribution in [-0.2, 0) is 15.6 Å². The van der Waals surface area contributed by atoms with Gasteiger partial charge in [-0.25, -0.2) is 18.1 Å². The van der Waals surface area contributed by atoms with E-state index in [1.54, 1.807) is 45.2 Å². The SMILES string of the molecule is Cc1cc([C@](C)(O)CNS(=O)(=O)c2c[nH]c3ncccc23)c(C)o1. The highest BCUT2D eigenvalue weighted by molar-refractivity contribution is 7.89. The van der Waals surface area contributed by atoms with Crippen LogP contribution in [0.15, 0.2) is 39.9 Å². The van der Waals surface area contributed by atoms with E-state index in [1.165, 1.54) is 6.20 Å². The van der Waals surface area contributed by atoms with Gasteiger partial charge in [-0.2, -0.15) is 0 Å². The Bertz CT molecular complexity index is 986. The van der Waals surface area contributed by atoms with E-state index in [0.29, 0.717) is 28.1 Å². The summed E-state index contributed by atoms with van der Waals surface area (Å²) in [7, 11) is -3.80. The highest BCUT2D eigenvalue weighted by atomic mass is 32.2. The number of hydrogen-bond acceptors (Lipinski definition) is 5. The summed E-state index contributed by atoms with van der Waals surface area (Å²) in [6.45, 7) is 4.87. The molecule has 0 fully saturated rings. The van der Waals surface area contributed by atoms with Gasteiger partial charge in [-0.1, -0.05) is 0 Å². The first kappa shape index (κ1) is 16.7. The van der Waals surface area contributed by atoms with Gasteiger partial charge in [0.25, 0.3) is 0 Å². The average molecular weight is 349 g/mol. The van der Waals surface area contributed by atoms with E-state index in [4.69, 9.17) is 4.42 Å². The molecule has 128 valence electrons. The molecule has 0 aliphatic rings. The number of pyridine rings is 1. The number of H-pyrrole nitrogens is 1. The molecule has 3 heterocycles. The number of nitrogens with one attached hydrogen (secondary N) is 2. The molecule has 0 amide bonds. The maximum absolute atomic E-state index is 12.6. The summed E-state index contributed by atoms with van der Waals surface area (Å²) >= 11 is 0. The monoisotopic (exact) mass is 349 g/mol. The van der Waals surface area contributed by atoms with Crippen molar-refractivity contribution in [1.82, 2.24) is 14.7 Å². The molecular formula is C16H19N3O4S. The number of rotatable bonds is 5. The summed E-state index contributed by atoms with van der Waals surface area (Å²) in [5.74, 6) is 1.22. The van der Waals surface area contributed by atoms with Crippen molar-refractivity contribution in [3.63, 3.8) is 0 Å². The molecule has 0 saturated carbocycles. The molecular weight excluding hydrogens is 330 g/mol. The van der Waals surface area contributed by atoms with Crippen molar-refractivity contribution in [2.24, 2.45) is 0 Å². The van der Waals surface area contributed by atoms with Crippen LogP contribution in [0.5, 0.6) is 0 Å². The molecule has 0 aliphatic carbocycles. The summed E-state index contributed by atoms with van der Waals surface area (Å²) in [6, 6.07) is 5.05. The number of aliphatic hydroxyl groups is 1. The van der Waals surface area contributed by atoms with Crippen LogP contribution in [0.2, 0.25) is 0 Å². The predicted octanol–water partition coefficient (Wildman–Crippen LogP) is 1.96. The maximum atomic E-state index is 12.6. The highest BCUT2D eigenvalue weighted by Crippen LogP contribution is 2.27. The van der Waals surface area contributed by atoms with Crippen molar-refractivity contribution >= 4 is 21.1 Å². The topological polar surface area (TPSA) is 108 Å². The average Bonchev–Trinajstić information content (AvgIpc) is 3.09. The smallest absolute Gasteiger partial charge is 0.242 e. The minimum Gasteiger partial charge on any atom is -0.466 e. The van der Waals surface area contributed by atoms with E-state index in [0.717, 1.165) is 0 Å². The van der Waals surface area contributed by atoms with Gasteiger partial charge < -0.3 is 14.5 Å². The van der Waals surface area contributed by atoms with Gasteiger partial charge >= 0.3 is 0 Å². The maximum Gasteiger partial charge on any atom is 0.242 e. The van der Waals surface area contributed by atoms with Crippen LogP contribution in [0, 0.1) is 13.8 Å². The number of furan rings is 1. The molecule has 3 N–H and O–H groups in total. The summed E-state index contributed by atoms with van der Waals surface area (Å²) in [5, 5.41) is 11.1. The van der Waals surface area contributed by atoms with Crippen LogP contribution in [0.4, 0.5) is 0 Å². The van der Waals surface area contributed by atoms with E-state index in [-0.39, 0.29) is 11.4 Å². The van der Waals surface area contributed by atoms with Gasteiger partial charge in [0.2, 0.25) is 10.0 Å². The Labute approximate surface area is 139 Å². The molecule has 3 aromatic rings. The van der Waals surface area contributed by atoms with Crippen LogP contribution < -0.4 is 4.72 Å².